The molecule has 0 bridgehead atoms. The average Bonchev–Trinajstić information content (AvgIpc) is 2.61. The van der Waals surface area contributed by atoms with Crippen LogP contribution in [0, 0.1) is 0 Å². The minimum Gasteiger partial charge on any atom is -0.357 e. The summed E-state index contributed by atoms with van der Waals surface area (Å²) in [5, 5.41) is 6.78. The molecule has 0 radical (unpaired) electrons. The van der Waals surface area contributed by atoms with Gasteiger partial charge in [0.1, 0.15) is 0 Å². The second-order valence-electron chi connectivity index (χ2n) is 6.03. The van der Waals surface area contributed by atoms with Gasteiger partial charge in [0.05, 0.1) is 11.4 Å². The first kappa shape index (κ1) is 22.2. The summed E-state index contributed by atoms with van der Waals surface area (Å²) in [7, 11) is -1.97. The zero-order chi connectivity index (χ0) is 17.4. The van der Waals surface area contributed by atoms with Gasteiger partial charge in [-0.15, -0.1) is 24.0 Å². The van der Waals surface area contributed by atoms with E-state index in [2.05, 4.69) is 27.3 Å². The zero-order valence-electron chi connectivity index (χ0n) is 14.9. The van der Waals surface area contributed by atoms with Crippen LogP contribution in [0.2, 0.25) is 0 Å². The van der Waals surface area contributed by atoms with E-state index in [0.29, 0.717) is 12.6 Å². The van der Waals surface area contributed by atoms with E-state index in [1.807, 2.05) is 0 Å². The van der Waals surface area contributed by atoms with Crippen LogP contribution >= 0.6 is 24.0 Å². The van der Waals surface area contributed by atoms with Crippen molar-refractivity contribution in [3.63, 3.8) is 0 Å². The first-order valence-electron chi connectivity index (χ1n) is 8.62. The maximum Gasteiger partial charge on any atom is 0.240 e. The van der Waals surface area contributed by atoms with Gasteiger partial charge in [-0.05, 0) is 44.5 Å². The fraction of sp³-hybridized carbons (Fsp3) is 0.588. The van der Waals surface area contributed by atoms with Gasteiger partial charge in [-0.2, -0.15) is 0 Å². The molecule has 0 unspecified atom stereocenters. The van der Waals surface area contributed by atoms with Gasteiger partial charge in [-0.3, -0.25) is 0 Å². The summed E-state index contributed by atoms with van der Waals surface area (Å²) in [5.41, 5.74) is 0.978. The molecule has 142 valence electrons. The summed E-state index contributed by atoms with van der Waals surface area (Å²) >= 11 is 0. The Bertz CT molecular complexity index is 641. The Morgan fingerprint density at radius 3 is 2.36 bits per heavy atom. The quantitative estimate of drug-likeness (QED) is 0.332. The fourth-order valence-corrected chi connectivity index (χ4v) is 3.55. The topological polar surface area (TPSA) is 82.6 Å². The van der Waals surface area contributed by atoms with E-state index in [1.54, 1.807) is 24.3 Å². The summed E-state index contributed by atoms with van der Waals surface area (Å²) in [6.07, 6.45) is 6.27. The predicted octanol–water partition coefficient (Wildman–Crippen LogP) is 2.60. The van der Waals surface area contributed by atoms with Crippen molar-refractivity contribution in [1.82, 2.24) is 15.4 Å². The van der Waals surface area contributed by atoms with E-state index >= 15 is 0 Å². The molecule has 0 atom stereocenters. The highest BCUT2D eigenvalue weighted by Gasteiger charge is 2.14. The van der Waals surface area contributed by atoms with E-state index in [4.69, 9.17) is 0 Å². The van der Waals surface area contributed by atoms with E-state index in [1.165, 1.54) is 39.2 Å². The lowest BCUT2D eigenvalue weighted by atomic mass is 9.96. The van der Waals surface area contributed by atoms with E-state index < -0.39 is 10.0 Å². The van der Waals surface area contributed by atoms with Gasteiger partial charge in [-0.25, -0.2) is 18.1 Å². The van der Waals surface area contributed by atoms with Crippen LogP contribution < -0.4 is 15.4 Å². The standard InChI is InChI=1S/C17H28N4O2S.HI/c1-3-19-17(21-15-7-5-4-6-8-15)20-13-14-9-11-16(12-10-14)24(22,23)18-2;/h9-12,15,18H,3-8,13H2,1-2H3,(H2,19,20,21);1H. The van der Waals surface area contributed by atoms with Gasteiger partial charge < -0.3 is 10.6 Å². The Labute approximate surface area is 168 Å². The molecule has 0 aromatic heterocycles. The normalized spacial score (nSPS) is 16.2. The molecule has 1 saturated carbocycles. The number of hydrogen-bond donors (Lipinski definition) is 3. The van der Waals surface area contributed by atoms with Crippen LogP contribution in [0.15, 0.2) is 34.2 Å². The lowest BCUT2D eigenvalue weighted by Crippen LogP contribution is -2.44. The smallest absolute Gasteiger partial charge is 0.240 e. The third-order valence-corrected chi connectivity index (χ3v) is 5.64. The molecule has 2 rings (SSSR count). The summed E-state index contributed by atoms with van der Waals surface area (Å²) in [4.78, 5) is 4.89. The number of nitrogens with one attached hydrogen (secondary N) is 3. The van der Waals surface area contributed by atoms with Gasteiger partial charge in [0, 0.05) is 12.6 Å². The number of sulfonamides is 1. The maximum atomic E-state index is 11.7. The van der Waals surface area contributed by atoms with Crippen molar-refractivity contribution in [3.05, 3.63) is 29.8 Å². The Hall–Kier alpha value is -0.870. The Morgan fingerprint density at radius 2 is 1.80 bits per heavy atom. The van der Waals surface area contributed by atoms with Gasteiger partial charge in [0.25, 0.3) is 0 Å². The van der Waals surface area contributed by atoms with Crippen LogP contribution in [0.3, 0.4) is 0 Å². The Kier molecular flexibility index (Phi) is 9.73. The van der Waals surface area contributed by atoms with Crippen molar-refractivity contribution >= 4 is 40.0 Å². The molecule has 8 heteroatoms. The third-order valence-electron chi connectivity index (χ3n) is 4.21. The highest BCUT2D eigenvalue weighted by atomic mass is 127. The number of rotatable bonds is 6. The molecule has 0 saturated heterocycles. The molecule has 3 N–H and O–H groups in total. The lowest BCUT2D eigenvalue weighted by Gasteiger charge is -2.24. The SMILES string of the molecule is CCNC(=NCc1ccc(S(=O)(=O)NC)cc1)NC1CCCCC1.I. The molecular formula is C17H29IN4O2S. The highest BCUT2D eigenvalue weighted by Crippen LogP contribution is 2.17. The molecule has 0 heterocycles. The molecule has 25 heavy (non-hydrogen) atoms. The van der Waals surface area contributed by atoms with Crippen LogP contribution in [0.25, 0.3) is 0 Å². The molecule has 0 amide bonds. The number of benzene rings is 1. The lowest BCUT2D eigenvalue weighted by molar-refractivity contribution is 0.410. The molecule has 1 fully saturated rings. The minimum atomic E-state index is -3.38. The van der Waals surface area contributed by atoms with E-state index in [0.717, 1.165) is 18.1 Å². The van der Waals surface area contributed by atoms with E-state index in [9.17, 15) is 8.42 Å². The van der Waals surface area contributed by atoms with Crippen molar-refractivity contribution in [1.29, 1.82) is 0 Å². The summed E-state index contributed by atoms with van der Waals surface area (Å²) < 4.78 is 25.8. The number of guanidine groups is 1. The summed E-state index contributed by atoms with van der Waals surface area (Å²) in [6, 6.07) is 7.33. The van der Waals surface area contributed by atoms with Crippen LogP contribution in [0.1, 0.15) is 44.6 Å². The fourth-order valence-electron chi connectivity index (χ4n) is 2.82. The van der Waals surface area contributed by atoms with Crippen molar-refractivity contribution in [3.8, 4) is 0 Å². The van der Waals surface area contributed by atoms with Gasteiger partial charge in [0.15, 0.2) is 5.96 Å². The largest absolute Gasteiger partial charge is 0.357 e. The van der Waals surface area contributed by atoms with Crippen LogP contribution in [0.4, 0.5) is 0 Å². The first-order valence-corrected chi connectivity index (χ1v) is 10.1. The van der Waals surface area contributed by atoms with E-state index in [-0.39, 0.29) is 28.9 Å². The molecular weight excluding hydrogens is 451 g/mol. The molecule has 0 aliphatic heterocycles. The minimum absolute atomic E-state index is 0. The number of nitrogens with zero attached hydrogens (tertiary/aromatic N) is 1. The molecule has 1 aliphatic carbocycles. The second-order valence-corrected chi connectivity index (χ2v) is 7.91. The molecule has 6 nitrogen and oxygen atoms in total. The molecule has 0 spiro atoms. The predicted molar refractivity (Wildman–Crippen MR) is 113 cm³/mol. The molecule has 1 aromatic carbocycles. The van der Waals surface area contributed by atoms with Crippen molar-refractivity contribution in [2.75, 3.05) is 13.6 Å². The monoisotopic (exact) mass is 480 g/mol. The number of hydrogen-bond acceptors (Lipinski definition) is 3. The van der Waals surface area contributed by atoms with Gasteiger partial charge in [-0.1, -0.05) is 31.4 Å². The molecule has 1 aromatic rings. The average molecular weight is 480 g/mol. The van der Waals surface area contributed by atoms with Crippen molar-refractivity contribution in [2.45, 2.75) is 56.5 Å². The summed E-state index contributed by atoms with van der Waals surface area (Å²) in [5.74, 6) is 0.830. The van der Waals surface area contributed by atoms with Crippen molar-refractivity contribution < 1.29 is 8.42 Å². The zero-order valence-corrected chi connectivity index (χ0v) is 18.1. The highest BCUT2D eigenvalue weighted by molar-refractivity contribution is 14.0. The number of halogens is 1. The van der Waals surface area contributed by atoms with Crippen LogP contribution in [-0.4, -0.2) is 34.0 Å². The third kappa shape index (κ3) is 7.10. The first-order chi connectivity index (χ1) is 11.5. The summed E-state index contributed by atoms with van der Waals surface area (Å²) in [6.45, 7) is 3.38. The maximum absolute atomic E-state index is 11.7. The van der Waals surface area contributed by atoms with Crippen molar-refractivity contribution in [2.24, 2.45) is 4.99 Å². The van der Waals surface area contributed by atoms with Crippen LogP contribution in [0.5, 0.6) is 0 Å². The molecule has 1 aliphatic rings. The second kappa shape index (κ2) is 11.0. The van der Waals surface area contributed by atoms with Gasteiger partial charge in [0.2, 0.25) is 10.0 Å². The Morgan fingerprint density at radius 1 is 1.16 bits per heavy atom. The number of aliphatic imine (C=N–C) groups is 1. The Balaban J connectivity index is 0.00000312. The van der Waals surface area contributed by atoms with Gasteiger partial charge >= 0.3 is 0 Å². The van der Waals surface area contributed by atoms with Crippen LogP contribution in [-0.2, 0) is 16.6 Å².